The predicted octanol–water partition coefficient (Wildman–Crippen LogP) is 6.52. The Morgan fingerprint density at radius 3 is 2.10 bits per heavy atom. The Hall–Kier alpha value is -2.42. The second-order valence-corrected chi connectivity index (χ2v) is 7.11. The third kappa shape index (κ3) is 3.52. The van der Waals surface area contributed by atoms with Crippen LogP contribution >= 0.6 is 11.6 Å². The van der Waals surface area contributed by atoms with E-state index < -0.39 is 29.0 Å². The topological polar surface area (TPSA) is 30.9 Å². The maximum absolute atomic E-state index is 14.7. The first kappa shape index (κ1) is 21.3. The molecule has 2 aromatic carbocycles. The van der Waals surface area contributed by atoms with Crippen molar-refractivity contribution in [3.8, 4) is 0 Å². The average molecular weight is 439 g/mol. The lowest BCUT2D eigenvalue weighted by Gasteiger charge is -2.29. The maximum atomic E-state index is 14.7. The van der Waals surface area contributed by atoms with Gasteiger partial charge >= 0.3 is 18.0 Å². The monoisotopic (exact) mass is 438 g/mol. The van der Waals surface area contributed by atoms with Crippen LogP contribution in [-0.2, 0) is 12.2 Å². The van der Waals surface area contributed by atoms with Gasteiger partial charge in [-0.05, 0) is 42.3 Å². The highest BCUT2D eigenvalue weighted by Gasteiger charge is 2.74. The number of fused-ring (bicyclic) bond motifs is 1. The molecular weight excluding hydrogens is 425 g/mol. The van der Waals surface area contributed by atoms with Crippen molar-refractivity contribution in [1.82, 2.24) is 4.57 Å². The van der Waals surface area contributed by atoms with Crippen molar-refractivity contribution in [2.75, 3.05) is 5.73 Å². The number of aryl methyl sites for hydroxylation is 1. The first-order valence-electron chi connectivity index (χ1n) is 8.22. The summed E-state index contributed by atoms with van der Waals surface area (Å²) in [5, 5.41) is -0.687. The van der Waals surface area contributed by atoms with Crippen LogP contribution in [0.2, 0.25) is 5.02 Å². The lowest BCUT2D eigenvalue weighted by molar-refractivity contribution is -0.348. The molecule has 0 bridgehead atoms. The zero-order chi connectivity index (χ0) is 21.8. The fraction of sp³-hybridized carbons (Fsp3) is 0.263. The largest absolute Gasteiger partial charge is 0.436 e. The van der Waals surface area contributed by atoms with Crippen LogP contribution in [0.1, 0.15) is 16.7 Å². The van der Waals surface area contributed by atoms with Gasteiger partial charge in [-0.15, -0.1) is 0 Å². The summed E-state index contributed by atoms with van der Waals surface area (Å²) < 4.78 is 95.6. The third-order valence-corrected chi connectivity index (χ3v) is 4.92. The summed E-state index contributed by atoms with van der Waals surface area (Å²) in [7, 11) is 0. The van der Waals surface area contributed by atoms with Crippen LogP contribution < -0.4 is 5.73 Å². The van der Waals surface area contributed by atoms with Crippen molar-refractivity contribution < 1.29 is 30.7 Å². The zero-order valence-electron chi connectivity index (χ0n) is 14.8. The lowest BCUT2D eigenvalue weighted by Crippen LogP contribution is -2.50. The van der Waals surface area contributed by atoms with Crippen LogP contribution in [-0.4, -0.2) is 16.9 Å². The Labute approximate surface area is 165 Å². The second kappa shape index (κ2) is 6.83. The van der Waals surface area contributed by atoms with E-state index in [1.165, 1.54) is 12.1 Å². The molecule has 0 fully saturated rings. The molecule has 0 unspecified atom stereocenters. The molecule has 1 aromatic heterocycles. The van der Waals surface area contributed by atoms with Crippen molar-refractivity contribution in [2.45, 2.75) is 31.5 Å². The number of benzene rings is 2. The zero-order valence-corrected chi connectivity index (χ0v) is 15.6. The second-order valence-electron chi connectivity index (χ2n) is 6.68. The number of anilines is 1. The fourth-order valence-corrected chi connectivity index (χ4v) is 3.35. The van der Waals surface area contributed by atoms with Crippen molar-refractivity contribution in [3.05, 3.63) is 64.3 Å². The number of halogens is 8. The SMILES string of the molecule is Cc1cc(Cn2cc(C(F)(C(F)(F)F)C(F)(F)F)c3cc(Cl)ccc32)ccc1N. The highest BCUT2D eigenvalue weighted by molar-refractivity contribution is 6.31. The van der Waals surface area contributed by atoms with E-state index in [0.29, 0.717) is 23.0 Å². The van der Waals surface area contributed by atoms with Gasteiger partial charge in [0.2, 0.25) is 0 Å². The molecule has 0 atom stereocenters. The number of nitrogens with two attached hydrogens (primary N) is 1. The molecule has 0 spiro atoms. The molecule has 0 aliphatic rings. The molecule has 10 heteroatoms. The van der Waals surface area contributed by atoms with Gasteiger partial charge in [-0.1, -0.05) is 23.7 Å². The van der Waals surface area contributed by atoms with E-state index in [1.54, 1.807) is 25.1 Å². The average Bonchev–Trinajstić information content (AvgIpc) is 2.93. The normalized spacial score (nSPS) is 13.3. The van der Waals surface area contributed by atoms with E-state index in [1.807, 2.05) is 0 Å². The Morgan fingerprint density at radius 2 is 1.55 bits per heavy atom. The van der Waals surface area contributed by atoms with Crippen LogP contribution in [0.25, 0.3) is 10.9 Å². The van der Waals surface area contributed by atoms with Gasteiger partial charge in [-0.2, -0.15) is 26.3 Å². The van der Waals surface area contributed by atoms with E-state index in [-0.39, 0.29) is 17.1 Å². The number of aromatic nitrogens is 1. The molecule has 0 saturated carbocycles. The lowest BCUT2D eigenvalue weighted by atomic mass is 9.94. The van der Waals surface area contributed by atoms with Crippen LogP contribution in [0.4, 0.5) is 36.4 Å². The molecule has 3 rings (SSSR count). The molecule has 156 valence electrons. The molecule has 3 aromatic rings. The molecule has 0 aliphatic heterocycles. The van der Waals surface area contributed by atoms with Gasteiger partial charge in [0.15, 0.2) is 0 Å². The van der Waals surface area contributed by atoms with Gasteiger partial charge < -0.3 is 10.3 Å². The molecule has 1 heterocycles. The summed E-state index contributed by atoms with van der Waals surface area (Å²) >= 11 is 5.77. The molecule has 29 heavy (non-hydrogen) atoms. The highest BCUT2D eigenvalue weighted by atomic mass is 35.5. The van der Waals surface area contributed by atoms with Crippen molar-refractivity contribution >= 4 is 28.2 Å². The summed E-state index contributed by atoms with van der Waals surface area (Å²) in [6, 6.07) is 8.24. The smallest absolute Gasteiger partial charge is 0.399 e. The minimum atomic E-state index is -6.22. The van der Waals surface area contributed by atoms with Gasteiger partial charge in [0.05, 0.1) is 0 Å². The molecule has 2 nitrogen and oxygen atoms in total. The summed E-state index contributed by atoms with van der Waals surface area (Å²) in [5.74, 6) is 0. The number of hydrogen-bond acceptors (Lipinski definition) is 1. The maximum Gasteiger partial charge on any atom is 0.436 e. The van der Waals surface area contributed by atoms with Gasteiger partial charge in [0.1, 0.15) is 0 Å². The summed E-state index contributed by atoms with van der Waals surface area (Å²) in [5.41, 5.74) is 0.340. The first-order chi connectivity index (χ1) is 13.3. The summed E-state index contributed by atoms with van der Waals surface area (Å²) in [6.07, 6.45) is -11.9. The molecule has 0 aliphatic carbocycles. The number of alkyl halides is 7. The van der Waals surface area contributed by atoms with E-state index in [4.69, 9.17) is 17.3 Å². The summed E-state index contributed by atoms with van der Waals surface area (Å²) in [6.45, 7) is 1.61. The molecule has 0 saturated heterocycles. The molecular formula is C19H14ClF7N2. The Bertz CT molecular complexity index is 1050. The number of nitrogens with zero attached hydrogens (tertiary/aromatic N) is 1. The van der Waals surface area contributed by atoms with Gasteiger partial charge in [0, 0.05) is 39.9 Å². The number of nitrogen functional groups attached to an aromatic ring is 1. The first-order valence-corrected chi connectivity index (χ1v) is 8.59. The van der Waals surface area contributed by atoms with Gasteiger partial charge in [-0.25, -0.2) is 4.39 Å². The van der Waals surface area contributed by atoms with E-state index in [9.17, 15) is 30.7 Å². The van der Waals surface area contributed by atoms with E-state index >= 15 is 0 Å². The van der Waals surface area contributed by atoms with Gasteiger partial charge in [0.25, 0.3) is 0 Å². The van der Waals surface area contributed by atoms with E-state index in [2.05, 4.69) is 0 Å². The predicted molar refractivity (Wildman–Crippen MR) is 96.5 cm³/mol. The van der Waals surface area contributed by atoms with Crippen LogP contribution in [0.15, 0.2) is 42.6 Å². The van der Waals surface area contributed by atoms with E-state index in [0.717, 1.165) is 10.6 Å². The van der Waals surface area contributed by atoms with Crippen LogP contribution in [0, 0.1) is 6.92 Å². The Balaban J connectivity index is 2.26. The number of rotatable bonds is 3. The fourth-order valence-electron chi connectivity index (χ4n) is 3.17. The van der Waals surface area contributed by atoms with Crippen LogP contribution in [0.5, 0.6) is 0 Å². The Kier molecular flexibility index (Phi) is 5.01. The minimum Gasteiger partial charge on any atom is -0.399 e. The molecule has 2 N–H and O–H groups in total. The molecule has 0 radical (unpaired) electrons. The van der Waals surface area contributed by atoms with Crippen molar-refractivity contribution in [3.63, 3.8) is 0 Å². The minimum absolute atomic E-state index is 0.0191. The van der Waals surface area contributed by atoms with Gasteiger partial charge in [-0.3, -0.25) is 0 Å². The quantitative estimate of drug-likeness (QED) is 0.366. The summed E-state index contributed by atoms with van der Waals surface area (Å²) in [4.78, 5) is 0. The Morgan fingerprint density at radius 1 is 0.931 bits per heavy atom. The van der Waals surface area contributed by atoms with Crippen molar-refractivity contribution in [1.29, 1.82) is 0 Å². The van der Waals surface area contributed by atoms with Crippen molar-refractivity contribution in [2.24, 2.45) is 0 Å². The number of hydrogen-bond donors (Lipinski definition) is 1. The highest BCUT2D eigenvalue weighted by Crippen LogP contribution is 2.55. The van der Waals surface area contributed by atoms with Crippen LogP contribution in [0.3, 0.4) is 0 Å². The molecule has 0 amide bonds. The standard InChI is InChI=1S/C19H14ClF7N2/c1-10-6-11(2-4-15(10)28)8-29-9-14(13-7-12(20)3-5-16(13)29)17(21,18(22,23)24)19(25,26)27/h2-7,9H,8,28H2,1H3. The third-order valence-electron chi connectivity index (χ3n) is 4.68.